The van der Waals surface area contributed by atoms with Crippen LogP contribution in [0.3, 0.4) is 0 Å². The van der Waals surface area contributed by atoms with E-state index in [1.807, 2.05) is 0 Å². The Morgan fingerprint density at radius 1 is 1.26 bits per heavy atom. The zero-order chi connectivity index (χ0) is 13.2. The van der Waals surface area contributed by atoms with E-state index in [0.29, 0.717) is 11.0 Å². The van der Waals surface area contributed by atoms with E-state index in [-0.39, 0.29) is 0 Å². The molecule has 1 aromatic carbocycles. The van der Waals surface area contributed by atoms with Crippen LogP contribution in [0.15, 0.2) is 24.3 Å². The summed E-state index contributed by atoms with van der Waals surface area (Å²) in [5, 5.41) is 1.53. The highest BCUT2D eigenvalue weighted by molar-refractivity contribution is 7.16. The van der Waals surface area contributed by atoms with Crippen LogP contribution in [-0.2, 0) is 18.8 Å². The highest BCUT2D eigenvalue weighted by Crippen LogP contribution is 2.33. The molecule has 1 aromatic heterocycles. The number of fused-ring (bicyclic) bond motifs is 1. The zero-order valence-electron chi connectivity index (χ0n) is 10.4. The van der Waals surface area contributed by atoms with Crippen molar-refractivity contribution in [3.05, 3.63) is 45.4 Å². The van der Waals surface area contributed by atoms with E-state index in [0.717, 1.165) is 35.9 Å². The van der Waals surface area contributed by atoms with Crippen molar-refractivity contribution in [1.82, 2.24) is 4.98 Å². The van der Waals surface area contributed by atoms with Crippen LogP contribution in [0.25, 0.3) is 0 Å². The Hall–Kier alpha value is -0.770. The number of rotatable bonds is 2. The molecule has 1 aliphatic rings. The molecule has 2 aromatic rings. The standard InChI is InChI=1S/C14H14Cl2N2S/c15-8-12-13(16)17-14(19-12)18-7-3-6-10-4-1-2-5-11(10)9-18/h1-2,4-5H,3,6-9H2. The third-order valence-corrected chi connectivity index (χ3v) is 5.35. The number of nitrogens with zero attached hydrogens (tertiary/aromatic N) is 2. The molecule has 0 spiro atoms. The van der Waals surface area contributed by atoms with Gasteiger partial charge < -0.3 is 4.90 Å². The minimum atomic E-state index is 0.431. The SMILES string of the molecule is ClCc1sc(N2CCCc3ccccc3C2)nc1Cl. The fraction of sp³-hybridized carbons (Fsp3) is 0.357. The maximum atomic E-state index is 6.09. The number of aromatic nitrogens is 1. The Balaban J connectivity index is 1.89. The Bertz CT molecular complexity index is 583. The Labute approximate surface area is 127 Å². The Morgan fingerprint density at radius 3 is 2.79 bits per heavy atom. The second-order valence-electron chi connectivity index (χ2n) is 4.64. The number of thiazole rings is 1. The van der Waals surface area contributed by atoms with Crippen molar-refractivity contribution in [3.63, 3.8) is 0 Å². The van der Waals surface area contributed by atoms with Crippen molar-refractivity contribution in [2.45, 2.75) is 25.3 Å². The number of benzene rings is 1. The number of halogens is 2. The monoisotopic (exact) mass is 312 g/mol. The molecule has 0 bridgehead atoms. The van der Waals surface area contributed by atoms with Gasteiger partial charge in [-0.1, -0.05) is 47.2 Å². The molecule has 0 aliphatic carbocycles. The van der Waals surface area contributed by atoms with Gasteiger partial charge in [-0.2, -0.15) is 0 Å². The molecule has 2 nitrogen and oxygen atoms in total. The minimum Gasteiger partial charge on any atom is -0.344 e. The molecule has 100 valence electrons. The predicted octanol–water partition coefficient (Wildman–Crippen LogP) is 4.49. The second-order valence-corrected chi connectivity index (χ2v) is 6.33. The van der Waals surface area contributed by atoms with Crippen molar-refractivity contribution in [2.75, 3.05) is 11.4 Å². The third kappa shape index (κ3) is 2.73. The molecule has 0 radical (unpaired) electrons. The Kier molecular flexibility index (Phi) is 3.96. The first-order valence-corrected chi connectivity index (χ1v) is 8.03. The van der Waals surface area contributed by atoms with Crippen molar-refractivity contribution in [2.24, 2.45) is 0 Å². The highest BCUT2D eigenvalue weighted by atomic mass is 35.5. The molecule has 5 heteroatoms. The summed E-state index contributed by atoms with van der Waals surface area (Å²) in [5.74, 6) is 0.431. The molecule has 19 heavy (non-hydrogen) atoms. The van der Waals surface area contributed by atoms with Crippen LogP contribution < -0.4 is 4.90 Å². The smallest absolute Gasteiger partial charge is 0.187 e. The van der Waals surface area contributed by atoms with Crippen LogP contribution in [0.5, 0.6) is 0 Å². The van der Waals surface area contributed by atoms with Gasteiger partial charge >= 0.3 is 0 Å². The van der Waals surface area contributed by atoms with Gasteiger partial charge in [-0.3, -0.25) is 0 Å². The lowest BCUT2D eigenvalue weighted by molar-refractivity contribution is 0.763. The maximum absolute atomic E-state index is 6.09. The Morgan fingerprint density at radius 2 is 2.05 bits per heavy atom. The molecular weight excluding hydrogens is 299 g/mol. The van der Waals surface area contributed by atoms with Gasteiger partial charge in [0.1, 0.15) is 5.15 Å². The molecular formula is C14H14Cl2N2S. The lowest BCUT2D eigenvalue weighted by atomic mass is 10.0. The average Bonchev–Trinajstić information content (AvgIpc) is 2.68. The van der Waals surface area contributed by atoms with Gasteiger partial charge in [0.05, 0.1) is 10.8 Å². The van der Waals surface area contributed by atoms with E-state index in [1.54, 1.807) is 11.3 Å². The van der Waals surface area contributed by atoms with E-state index < -0.39 is 0 Å². The molecule has 0 saturated heterocycles. The highest BCUT2D eigenvalue weighted by Gasteiger charge is 2.18. The minimum absolute atomic E-state index is 0.431. The number of aryl methyl sites for hydroxylation is 1. The summed E-state index contributed by atoms with van der Waals surface area (Å²) in [6.45, 7) is 1.92. The molecule has 0 N–H and O–H groups in total. The summed E-state index contributed by atoms with van der Waals surface area (Å²) in [5.41, 5.74) is 2.84. The predicted molar refractivity (Wildman–Crippen MR) is 82.5 cm³/mol. The summed E-state index contributed by atoms with van der Waals surface area (Å²) in [6.07, 6.45) is 2.28. The third-order valence-electron chi connectivity index (χ3n) is 3.38. The first-order chi connectivity index (χ1) is 9.28. The molecule has 2 heterocycles. The van der Waals surface area contributed by atoms with Gasteiger partial charge in [0, 0.05) is 13.1 Å². The zero-order valence-corrected chi connectivity index (χ0v) is 12.7. The fourth-order valence-electron chi connectivity index (χ4n) is 2.40. The van der Waals surface area contributed by atoms with Crippen LogP contribution >= 0.6 is 34.5 Å². The van der Waals surface area contributed by atoms with Crippen molar-refractivity contribution >= 4 is 39.7 Å². The molecule has 0 unspecified atom stereocenters. The van der Waals surface area contributed by atoms with Gasteiger partial charge in [-0.25, -0.2) is 4.98 Å². The largest absolute Gasteiger partial charge is 0.344 e. The van der Waals surface area contributed by atoms with Crippen LogP contribution in [0, 0.1) is 0 Å². The van der Waals surface area contributed by atoms with Crippen molar-refractivity contribution in [1.29, 1.82) is 0 Å². The topological polar surface area (TPSA) is 16.1 Å². The molecule has 0 saturated carbocycles. The molecule has 3 rings (SSSR count). The van der Waals surface area contributed by atoms with Gasteiger partial charge in [-0.15, -0.1) is 11.6 Å². The summed E-state index contributed by atoms with van der Waals surface area (Å²) < 4.78 is 0. The first-order valence-electron chi connectivity index (χ1n) is 6.31. The van der Waals surface area contributed by atoms with E-state index in [1.165, 1.54) is 11.1 Å². The summed E-state index contributed by atoms with van der Waals surface area (Å²) >= 11 is 13.6. The van der Waals surface area contributed by atoms with Crippen LogP contribution in [0.1, 0.15) is 22.4 Å². The number of hydrogen-bond acceptors (Lipinski definition) is 3. The number of hydrogen-bond donors (Lipinski definition) is 0. The quantitative estimate of drug-likeness (QED) is 0.760. The summed E-state index contributed by atoms with van der Waals surface area (Å²) in [4.78, 5) is 7.70. The van der Waals surface area contributed by atoms with Crippen LogP contribution in [0.4, 0.5) is 5.13 Å². The average molecular weight is 313 g/mol. The lowest BCUT2D eigenvalue weighted by Gasteiger charge is -2.19. The number of anilines is 1. The van der Waals surface area contributed by atoms with Crippen LogP contribution in [-0.4, -0.2) is 11.5 Å². The second kappa shape index (κ2) is 5.70. The van der Waals surface area contributed by atoms with E-state index >= 15 is 0 Å². The van der Waals surface area contributed by atoms with Gasteiger partial charge in [0.25, 0.3) is 0 Å². The first kappa shape index (κ1) is 13.2. The van der Waals surface area contributed by atoms with E-state index in [2.05, 4.69) is 34.1 Å². The van der Waals surface area contributed by atoms with Gasteiger partial charge in [0.2, 0.25) is 0 Å². The molecule has 1 aliphatic heterocycles. The fourth-order valence-corrected chi connectivity index (χ4v) is 3.90. The maximum Gasteiger partial charge on any atom is 0.187 e. The van der Waals surface area contributed by atoms with E-state index in [9.17, 15) is 0 Å². The molecule has 0 atom stereocenters. The molecule has 0 fully saturated rings. The van der Waals surface area contributed by atoms with Crippen molar-refractivity contribution in [3.8, 4) is 0 Å². The lowest BCUT2D eigenvalue weighted by Crippen LogP contribution is -2.22. The summed E-state index contributed by atoms with van der Waals surface area (Å²) in [6, 6.07) is 8.63. The van der Waals surface area contributed by atoms with Crippen LogP contribution in [0.2, 0.25) is 5.15 Å². The van der Waals surface area contributed by atoms with Gasteiger partial charge in [-0.05, 0) is 24.0 Å². The van der Waals surface area contributed by atoms with Gasteiger partial charge in [0.15, 0.2) is 5.13 Å². The summed E-state index contributed by atoms with van der Waals surface area (Å²) in [7, 11) is 0. The number of alkyl halides is 1. The molecule has 0 amide bonds. The normalized spacial score (nSPS) is 15.2. The van der Waals surface area contributed by atoms with E-state index in [4.69, 9.17) is 23.2 Å². The van der Waals surface area contributed by atoms with Crippen molar-refractivity contribution < 1.29 is 0 Å².